The van der Waals surface area contributed by atoms with E-state index in [1.165, 1.54) is 25.5 Å². The van der Waals surface area contributed by atoms with Crippen LogP contribution in [-0.2, 0) is 20.9 Å². The first-order valence-electron chi connectivity index (χ1n) is 8.36. The largest absolute Gasteiger partial charge is 0.467 e. The van der Waals surface area contributed by atoms with Crippen molar-refractivity contribution in [3.8, 4) is 0 Å². The molecular weight excluding hydrogens is 312 g/mol. The molecule has 7 heteroatoms. The minimum absolute atomic E-state index is 0.177. The van der Waals surface area contributed by atoms with E-state index in [4.69, 9.17) is 9.15 Å². The second-order valence-corrected chi connectivity index (χ2v) is 6.61. The number of carbonyl (C=O) groups is 3. The number of furan rings is 1. The average Bonchev–Trinajstić information content (AvgIpc) is 3.28. The van der Waals surface area contributed by atoms with Crippen LogP contribution in [0.5, 0.6) is 0 Å². The van der Waals surface area contributed by atoms with Crippen LogP contribution in [0.15, 0.2) is 22.8 Å². The Hall–Kier alpha value is -2.31. The Kier molecular flexibility index (Phi) is 5.17. The topological polar surface area (TPSA) is 97.6 Å². The number of ether oxygens (including phenoxy) is 1. The Morgan fingerprint density at radius 1 is 1.25 bits per heavy atom. The van der Waals surface area contributed by atoms with Crippen LogP contribution in [0.2, 0.25) is 0 Å². The van der Waals surface area contributed by atoms with E-state index in [1.807, 2.05) is 0 Å². The van der Waals surface area contributed by atoms with Crippen LogP contribution >= 0.6 is 0 Å². The van der Waals surface area contributed by atoms with Gasteiger partial charge >= 0.3 is 12.0 Å². The molecule has 0 spiro atoms. The number of hydrogen-bond donors (Lipinski definition) is 2. The van der Waals surface area contributed by atoms with Crippen molar-refractivity contribution in [3.05, 3.63) is 24.2 Å². The van der Waals surface area contributed by atoms with Crippen molar-refractivity contribution < 1.29 is 23.5 Å². The van der Waals surface area contributed by atoms with Crippen molar-refractivity contribution in [3.63, 3.8) is 0 Å². The third-order valence-electron chi connectivity index (χ3n) is 4.93. The average molecular weight is 334 g/mol. The van der Waals surface area contributed by atoms with E-state index >= 15 is 0 Å². The second-order valence-electron chi connectivity index (χ2n) is 6.61. The third-order valence-corrected chi connectivity index (χ3v) is 4.93. The zero-order valence-electron chi connectivity index (χ0n) is 13.5. The first kappa shape index (κ1) is 16.5. The van der Waals surface area contributed by atoms with Crippen molar-refractivity contribution in [2.24, 2.45) is 17.8 Å². The Morgan fingerprint density at radius 3 is 2.79 bits per heavy atom. The van der Waals surface area contributed by atoms with E-state index in [-0.39, 0.29) is 12.5 Å². The van der Waals surface area contributed by atoms with E-state index in [0.29, 0.717) is 24.0 Å². The van der Waals surface area contributed by atoms with Gasteiger partial charge in [0.2, 0.25) is 0 Å². The molecule has 2 saturated carbocycles. The van der Waals surface area contributed by atoms with Crippen LogP contribution in [-0.4, -0.2) is 24.5 Å². The Bertz CT molecular complexity index is 598. The van der Waals surface area contributed by atoms with Crippen molar-refractivity contribution in [1.82, 2.24) is 10.6 Å². The molecule has 0 aliphatic heterocycles. The van der Waals surface area contributed by atoms with E-state index < -0.39 is 18.5 Å². The summed E-state index contributed by atoms with van der Waals surface area (Å²) in [4.78, 5) is 35.0. The number of hydrogen-bond acceptors (Lipinski definition) is 5. The minimum atomic E-state index is -0.652. The predicted octanol–water partition coefficient (Wildman–Crippen LogP) is 1.97. The van der Waals surface area contributed by atoms with Gasteiger partial charge in [-0.1, -0.05) is 6.42 Å². The van der Waals surface area contributed by atoms with Crippen LogP contribution in [0.25, 0.3) is 0 Å². The van der Waals surface area contributed by atoms with Crippen molar-refractivity contribution in [2.45, 2.75) is 38.6 Å². The molecule has 3 amide bonds. The Morgan fingerprint density at radius 2 is 2.12 bits per heavy atom. The van der Waals surface area contributed by atoms with Gasteiger partial charge in [-0.2, -0.15) is 0 Å². The molecule has 2 fully saturated rings. The number of fused-ring (bicyclic) bond motifs is 2. The number of nitrogens with one attached hydrogen (secondary N) is 2. The molecule has 0 saturated heterocycles. The van der Waals surface area contributed by atoms with Gasteiger partial charge in [0, 0.05) is 6.42 Å². The zero-order chi connectivity index (χ0) is 16.9. The van der Waals surface area contributed by atoms with Crippen LogP contribution in [0, 0.1) is 17.8 Å². The number of imide groups is 1. The normalized spacial score (nSPS) is 24.6. The summed E-state index contributed by atoms with van der Waals surface area (Å²) < 4.78 is 10.0. The van der Waals surface area contributed by atoms with E-state index in [0.717, 1.165) is 12.3 Å². The summed E-state index contributed by atoms with van der Waals surface area (Å²) in [5, 5.41) is 4.59. The second kappa shape index (κ2) is 7.51. The summed E-state index contributed by atoms with van der Waals surface area (Å²) in [7, 11) is 0. The van der Waals surface area contributed by atoms with E-state index in [9.17, 15) is 14.4 Å². The van der Waals surface area contributed by atoms with Crippen molar-refractivity contribution in [2.75, 3.05) is 6.61 Å². The fourth-order valence-corrected chi connectivity index (χ4v) is 3.83. The third kappa shape index (κ3) is 4.37. The summed E-state index contributed by atoms with van der Waals surface area (Å²) >= 11 is 0. The lowest BCUT2D eigenvalue weighted by atomic mass is 9.86. The molecule has 2 aliphatic carbocycles. The van der Waals surface area contributed by atoms with Gasteiger partial charge in [0.1, 0.15) is 5.76 Å². The molecule has 2 N–H and O–H groups in total. The lowest BCUT2D eigenvalue weighted by molar-refractivity contribution is -0.149. The molecule has 0 radical (unpaired) electrons. The summed E-state index contributed by atoms with van der Waals surface area (Å²) in [6.45, 7) is -0.260. The predicted molar refractivity (Wildman–Crippen MR) is 83.6 cm³/mol. The maximum atomic E-state index is 11.8. The highest BCUT2D eigenvalue weighted by Crippen LogP contribution is 2.49. The lowest BCUT2D eigenvalue weighted by Crippen LogP contribution is -2.41. The van der Waals surface area contributed by atoms with Gasteiger partial charge < -0.3 is 14.5 Å². The molecular formula is C17H22N2O5. The van der Waals surface area contributed by atoms with E-state index in [1.54, 1.807) is 12.1 Å². The molecule has 0 aromatic carbocycles. The first-order valence-corrected chi connectivity index (χ1v) is 8.36. The van der Waals surface area contributed by atoms with Gasteiger partial charge in [-0.15, -0.1) is 0 Å². The number of rotatable bonds is 6. The molecule has 2 bridgehead atoms. The number of urea groups is 1. The maximum absolute atomic E-state index is 11.8. The summed E-state index contributed by atoms with van der Waals surface area (Å²) in [6, 6.07) is 2.76. The van der Waals surface area contributed by atoms with Gasteiger partial charge in [-0.25, -0.2) is 4.79 Å². The van der Waals surface area contributed by atoms with Gasteiger partial charge in [-0.05, 0) is 49.1 Å². The van der Waals surface area contributed by atoms with Crippen LogP contribution in [0.3, 0.4) is 0 Å². The molecule has 3 atom stereocenters. The monoisotopic (exact) mass is 334 g/mol. The smallest absolute Gasteiger partial charge is 0.321 e. The fraction of sp³-hybridized carbons (Fsp3) is 0.588. The zero-order valence-corrected chi connectivity index (χ0v) is 13.5. The van der Waals surface area contributed by atoms with Gasteiger partial charge in [-0.3, -0.25) is 14.9 Å². The van der Waals surface area contributed by atoms with Gasteiger partial charge in [0.05, 0.1) is 12.8 Å². The van der Waals surface area contributed by atoms with Crippen molar-refractivity contribution in [1.29, 1.82) is 0 Å². The molecule has 7 nitrogen and oxygen atoms in total. The van der Waals surface area contributed by atoms with Crippen LogP contribution < -0.4 is 10.6 Å². The highest BCUT2D eigenvalue weighted by molar-refractivity contribution is 5.95. The van der Waals surface area contributed by atoms with Crippen molar-refractivity contribution >= 4 is 17.9 Å². The molecule has 2 aliphatic rings. The first-order chi connectivity index (χ1) is 11.6. The van der Waals surface area contributed by atoms with Crippen LogP contribution in [0.1, 0.15) is 37.9 Å². The molecule has 24 heavy (non-hydrogen) atoms. The van der Waals surface area contributed by atoms with E-state index in [2.05, 4.69) is 10.6 Å². The maximum Gasteiger partial charge on any atom is 0.321 e. The quantitative estimate of drug-likeness (QED) is 0.775. The standard InChI is InChI=1S/C17H22N2O5/c20-15(19-17(22)18-9-14-2-1-5-23-14)10-24-16(21)8-13-7-11-3-4-12(13)6-11/h1-2,5,11-13H,3-4,6-10H2,(H2,18,19,20,22)/t11-,12-,13-/m0/s1. The molecule has 1 aromatic rings. The molecule has 130 valence electrons. The summed E-state index contributed by atoms with van der Waals surface area (Å²) in [5.74, 6) is 1.38. The number of carbonyl (C=O) groups excluding carboxylic acids is 3. The molecule has 1 heterocycles. The molecule has 1 aromatic heterocycles. The number of amides is 3. The highest BCUT2D eigenvalue weighted by Gasteiger charge is 2.40. The lowest BCUT2D eigenvalue weighted by Gasteiger charge is -2.20. The Balaban J connectivity index is 1.30. The highest BCUT2D eigenvalue weighted by atomic mass is 16.5. The SMILES string of the molecule is O=C(COC(=O)C[C@@H]1C[C@H]2CC[C@H]1C2)NC(=O)NCc1ccco1. The summed E-state index contributed by atoms with van der Waals surface area (Å²) in [5.41, 5.74) is 0. The van der Waals surface area contributed by atoms with Gasteiger partial charge in [0.15, 0.2) is 6.61 Å². The molecule has 0 unspecified atom stereocenters. The van der Waals surface area contributed by atoms with Crippen LogP contribution in [0.4, 0.5) is 4.79 Å². The summed E-state index contributed by atoms with van der Waals surface area (Å²) in [6.07, 6.45) is 6.69. The minimum Gasteiger partial charge on any atom is -0.467 e. The fourth-order valence-electron chi connectivity index (χ4n) is 3.83. The Labute approximate surface area is 140 Å². The number of esters is 1. The molecule has 3 rings (SSSR count). The van der Waals surface area contributed by atoms with Gasteiger partial charge in [0.25, 0.3) is 5.91 Å².